The predicted octanol–water partition coefficient (Wildman–Crippen LogP) is 11.2. The van der Waals surface area contributed by atoms with E-state index in [-0.39, 0.29) is 19.6 Å². The van der Waals surface area contributed by atoms with Crippen LogP contribution in [0, 0.1) is 0 Å². The van der Waals surface area contributed by atoms with Gasteiger partial charge in [-0.25, -0.2) is 4.18 Å². The van der Waals surface area contributed by atoms with Crippen molar-refractivity contribution in [2.75, 3.05) is 26.4 Å². The summed E-state index contributed by atoms with van der Waals surface area (Å²) in [6, 6.07) is 0. The molecule has 13 heteroatoms. The lowest BCUT2D eigenvalue weighted by Gasteiger charge is -2.41. The van der Waals surface area contributed by atoms with Gasteiger partial charge in [-0.15, -0.1) is 0 Å². The van der Waals surface area contributed by atoms with E-state index in [9.17, 15) is 33.1 Å². The molecule has 0 aromatic carbocycles. The Morgan fingerprint density at radius 2 is 1.06 bits per heavy atom. The van der Waals surface area contributed by atoms with Gasteiger partial charge in [0.05, 0.1) is 19.8 Å². The first-order valence-electron chi connectivity index (χ1n) is 24.8. The number of aliphatic hydroxyl groups is 3. The molecular formula is C52H88O12S. The van der Waals surface area contributed by atoms with Gasteiger partial charge in [-0.2, -0.15) is 8.42 Å². The third-order valence-corrected chi connectivity index (χ3v) is 11.2. The van der Waals surface area contributed by atoms with Gasteiger partial charge in [-0.3, -0.25) is 9.35 Å². The topological polar surface area (TPSA) is 178 Å². The summed E-state index contributed by atoms with van der Waals surface area (Å²) in [5.41, 5.74) is 0. The molecule has 0 spiro atoms. The molecule has 65 heavy (non-hydrogen) atoms. The molecule has 0 aliphatic carbocycles. The summed E-state index contributed by atoms with van der Waals surface area (Å²) in [7, 11) is -5.07. The summed E-state index contributed by atoms with van der Waals surface area (Å²) in [6.07, 6.45) is 47.5. The van der Waals surface area contributed by atoms with E-state index in [1.165, 1.54) is 51.4 Å². The van der Waals surface area contributed by atoms with Gasteiger partial charge in [-0.05, 0) is 89.9 Å². The SMILES string of the molecule is CC/C=C\C/C=C\C/C=C\C/C=C\C/C=C\C/C=C\CCCCCCC(=O)OC(COCCCCCCCC/C=C\CCCCCCC)COC1OC(CO)C(O)C(OS(=O)(=O)O)C1O. The number of carbonyl (C=O) groups excluding carboxylic acids is 1. The van der Waals surface area contributed by atoms with Crippen LogP contribution in [0.3, 0.4) is 0 Å². The van der Waals surface area contributed by atoms with Crippen LogP contribution in [0.5, 0.6) is 0 Å². The molecule has 1 aliphatic heterocycles. The van der Waals surface area contributed by atoms with Crippen molar-refractivity contribution in [1.82, 2.24) is 0 Å². The minimum Gasteiger partial charge on any atom is -0.457 e. The maximum absolute atomic E-state index is 12.9. The van der Waals surface area contributed by atoms with Crippen LogP contribution in [0.1, 0.15) is 174 Å². The lowest BCUT2D eigenvalue weighted by molar-refractivity contribution is -0.301. The van der Waals surface area contributed by atoms with Gasteiger partial charge in [0.15, 0.2) is 6.29 Å². The maximum Gasteiger partial charge on any atom is 0.397 e. The highest BCUT2D eigenvalue weighted by atomic mass is 32.3. The van der Waals surface area contributed by atoms with Crippen molar-refractivity contribution in [3.05, 3.63) is 85.1 Å². The van der Waals surface area contributed by atoms with Crippen LogP contribution >= 0.6 is 0 Å². The highest BCUT2D eigenvalue weighted by molar-refractivity contribution is 7.80. The first kappa shape index (κ1) is 60.3. The zero-order valence-electron chi connectivity index (χ0n) is 40.0. The van der Waals surface area contributed by atoms with E-state index < -0.39 is 59.8 Å². The highest BCUT2D eigenvalue weighted by Gasteiger charge is 2.48. The van der Waals surface area contributed by atoms with Crippen molar-refractivity contribution in [2.24, 2.45) is 0 Å². The Morgan fingerprint density at radius 3 is 1.57 bits per heavy atom. The number of esters is 1. The summed E-state index contributed by atoms with van der Waals surface area (Å²) in [6.45, 7) is 3.81. The molecular weight excluding hydrogens is 849 g/mol. The van der Waals surface area contributed by atoms with Gasteiger partial charge in [0.25, 0.3) is 0 Å². The fraction of sp³-hybridized carbons (Fsp3) is 0.712. The second-order valence-corrected chi connectivity index (χ2v) is 17.7. The van der Waals surface area contributed by atoms with Gasteiger partial charge < -0.3 is 34.3 Å². The van der Waals surface area contributed by atoms with Gasteiger partial charge in [-0.1, -0.05) is 163 Å². The largest absolute Gasteiger partial charge is 0.457 e. The van der Waals surface area contributed by atoms with Gasteiger partial charge in [0, 0.05) is 13.0 Å². The zero-order chi connectivity index (χ0) is 47.5. The Labute approximate surface area is 393 Å². The highest BCUT2D eigenvalue weighted by Crippen LogP contribution is 2.26. The fourth-order valence-corrected chi connectivity index (χ4v) is 7.53. The van der Waals surface area contributed by atoms with E-state index in [1.807, 2.05) is 0 Å². The summed E-state index contributed by atoms with van der Waals surface area (Å²) in [4.78, 5) is 12.9. The Hall–Kier alpha value is -2.72. The number of aliphatic hydroxyl groups excluding tert-OH is 3. The minimum absolute atomic E-state index is 0.0163. The van der Waals surface area contributed by atoms with Gasteiger partial charge >= 0.3 is 16.4 Å². The molecule has 1 fully saturated rings. The predicted molar refractivity (Wildman–Crippen MR) is 262 cm³/mol. The lowest BCUT2D eigenvalue weighted by Crippen LogP contribution is -2.60. The average molecular weight is 937 g/mol. The summed E-state index contributed by atoms with van der Waals surface area (Å²) >= 11 is 0. The van der Waals surface area contributed by atoms with Crippen molar-refractivity contribution in [1.29, 1.82) is 0 Å². The number of rotatable bonds is 42. The Bertz CT molecular complexity index is 1450. The third-order valence-electron chi connectivity index (χ3n) is 10.8. The van der Waals surface area contributed by atoms with E-state index >= 15 is 0 Å². The molecule has 0 saturated carbocycles. The molecule has 1 aliphatic rings. The van der Waals surface area contributed by atoms with Crippen molar-refractivity contribution in [2.45, 2.75) is 211 Å². The molecule has 4 N–H and O–H groups in total. The number of allylic oxidation sites excluding steroid dienone is 14. The zero-order valence-corrected chi connectivity index (χ0v) is 40.8. The van der Waals surface area contributed by atoms with E-state index in [1.54, 1.807) is 0 Å². The van der Waals surface area contributed by atoms with Crippen LogP contribution in [0.15, 0.2) is 85.1 Å². The molecule has 12 nitrogen and oxygen atoms in total. The molecule has 0 radical (unpaired) electrons. The van der Waals surface area contributed by atoms with Crippen molar-refractivity contribution >= 4 is 16.4 Å². The quantitative estimate of drug-likeness (QED) is 0.0197. The van der Waals surface area contributed by atoms with Gasteiger partial charge in [0.1, 0.15) is 30.5 Å². The minimum atomic E-state index is -5.07. The van der Waals surface area contributed by atoms with Crippen LogP contribution in [-0.4, -0.2) is 97.5 Å². The van der Waals surface area contributed by atoms with E-state index in [4.69, 9.17) is 18.9 Å². The number of carbonyl (C=O) groups is 1. The third kappa shape index (κ3) is 36.1. The second kappa shape index (κ2) is 42.6. The van der Waals surface area contributed by atoms with Crippen LogP contribution in [0.25, 0.3) is 0 Å². The Morgan fingerprint density at radius 1 is 0.600 bits per heavy atom. The summed E-state index contributed by atoms with van der Waals surface area (Å²) in [5, 5.41) is 30.7. The number of hydrogen-bond donors (Lipinski definition) is 4. The molecule has 0 aromatic heterocycles. The van der Waals surface area contributed by atoms with Crippen LogP contribution in [0.4, 0.5) is 0 Å². The first-order chi connectivity index (χ1) is 31.6. The molecule has 1 saturated heterocycles. The fourth-order valence-electron chi connectivity index (χ4n) is 7.02. The molecule has 1 rings (SSSR count). The maximum atomic E-state index is 12.9. The average Bonchev–Trinajstić information content (AvgIpc) is 3.28. The summed E-state index contributed by atoms with van der Waals surface area (Å²) < 4.78 is 59.2. The van der Waals surface area contributed by atoms with Crippen LogP contribution < -0.4 is 0 Å². The van der Waals surface area contributed by atoms with Crippen molar-refractivity contribution < 1.29 is 56.2 Å². The van der Waals surface area contributed by atoms with E-state index in [0.29, 0.717) is 13.0 Å². The van der Waals surface area contributed by atoms with Crippen molar-refractivity contribution in [3.8, 4) is 0 Å². The number of ether oxygens (including phenoxy) is 4. The molecule has 6 atom stereocenters. The molecule has 0 bridgehead atoms. The molecule has 6 unspecified atom stereocenters. The monoisotopic (exact) mass is 937 g/mol. The molecule has 1 heterocycles. The smallest absolute Gasteiger partial charge is 0.397 e. The Kier molecular flexibility index (Phi) is 39.5. The number of unbranched alkanes of at least 4 members (excludes halogenated alkanes) is 15. The first-order valence-corrected chi connectivity index (χ1v) is 26.2. The Balaban J connectivity index is 2.41. The van der Waals surface area contributed by atoms with Gasteiger partial charge in [0.2, 0.25) is 0 Å². The summed E-state index contributed by atoms with van der Waals surface area (Å²) in [5.74, 6) is -0.428. The lowest BCUT2D eigenvalue weighted by atomic mass is 9.99. The second-order valence-electron chi connectivity index (χ2n) is 16.7. The van der Waals surface area contributed by atoms with Crippen molar-refractivity contribution in [3.63, 3.8) is 0 Å². The van der Waals surface area contributed by atoms with E-state index in [2.05, 4.69) is 103 Å². The molecule has 374 valence electrons. The normalized spacial score (nSPS) is 20.4. The number of hydrogen-bond acceptors (Lipinski definition) is 11. The van der Waals surface area contributed by atoms with E-state index in [0.717, 1.165) is 96.3 Å². The van der Waals surface area contributed by atoms with Crippen LogP contribution in [-0.2, 0) is 38.3 Å². The molecule has 0 aromatic rings. The molecule has 0 amide bonds. The van der Waals surface area contributed by atoms with Crippen LogP contribution in [0.2, 0.25) is 0 Å². The standard InChI is InChI=1S/C52H88O12S/c1-3-5-7-9-11-13-15-17-19-20-21-22-23-24-25-26-27-29-31-33-35-37-39-41-48(54)62-46(45-61-52-50(56)51(64-65(57,58)59)49(55)47(43-53)63-52)44-60-42-40-38-36-34-32-30-28-18-16-14-12-10-8-6-4-2/h5,7,11,13,16-19,21-22,24-25,27,29,46-47,49-53,55-56H,3-4,6,8-10,12,14-15,20,23,26,28,30-45H2,1-2H3,(H,57,58,59)/b7-5-,13-11-,18-16-,19-17-,22-21-,25-24-,29-27-.